The number of carboxylic acid groups (broad SMARTS) is 1. The molecule has 2 fully saturated rings. The molecule has 1 atom stereocenters. The van der Waals surface area contributed by atoms with E-state index in [0.717, 1.165) is 43.4 Å². The highest BCUT2D eigenvalue weighted by atomic mass is 35.5. The zero-order chi connectivity index (χ0) is 20.5. The predicted octanol–water partition coefficient (Wildman–Crippen LogP) is 5.75. The van der Waals surface area contributed by atoms with Gasteiger partial charge >= 0.3 is 5.97 Å². The van der Waals surface area contributed by atoms with Crippen molar-refractivity contribution in [2.24, 2.45) is 0 Å². The molecule has 1 heterocycles. The molecule has 2 aliphatic rings. The molecule has 1 aliphatic heterocycles. The molecule has 1 unspecified atom stereocenters. The number of hydrogen-bond donors (Lipinski definition) is 1. The van der Waals surface area contributed by atoms with Crippen LogP contribution in [0.15, 0.2) is 30.3 Å². The maximum absolute atomic E-state index is 14.3. The number of ether oxygens (including phenoxy) is 1. The van der Waals surface area contributed by atoms with Crippen molar-refractivity contribution in [3.8, 4) is 5.75 Å². The van der Waals surface area contributed by atoms with Gasteiger partial charge in [-0.25, -0.2) is 9.18 Å². The lowest BCUT2D eigenvalue weighted by Crippen LogP contribution is -2.40. The smallest absolute Gasteiger partial charge is 0.338 e. The number of aromatic carboxylic acids is 1. The Morgan fingerprint density at radius 2 is 1.93 bits per heavy atom. The summed E-state index contributed by atoms with van der Waals surface area (Å²) < 4.78 is 20.5. The van der Waals surface area contributed by atoms with Crippen molar-refractivity contribution in [1.29, 1.82) is 0 Å². The number of piperidine rings is 1. The van der Waals surface area contributed by atoms with E-state index in [1.807, 2.05) is 18.2 Å². The Balaban J connectivity index is 1.50. The van der Waals surface area contributed by atoms with E-state index in [-0.39, 0.29) is 17.6 Å². The maximum atomic E-state index is 14.3. The van der Waals surface area contributed by atoms with Crippen LogP contribution in [0.2, 0.25) is 10.0 Å². The van der Waals surface area contributed by atoms with Gasteiger partial charge in [0.2, 0.25) is 0 Å². The van der Waals surface area contributed by atoms with E-state index in [0.29, 0.717) is 28.9 Å². The Morgan fingerprint density at radius 1 is 1.21 bits per heavy atom. The van der Waals surface area contributed by atoms with Gasteiger partial charge in [0.25, 0.3) is 0 Å². The summed E-state index contributed by atoms with van der Waals surface area (Å²) in [5.41, 5.74) is 1.40. The number of likely N-dealkylation sites (tertiary alicyclic amines) is 1. The lowest BCUT2D eigenvalue weighted by molar-refractivity contribution is 0.0690. The van der Waals surface area contributed by atoms with E-state index in [9.17, 15) is 14.3 Å². The van der Waals surface area contributed by atoms with E-state index < -0.39 is 11.8 Å². The Hall–Kier alpha value is -1.82. The summed E-state index contributed by atoms with van der Waals surface area (Å²) in [5, 5.41) is 10.5. The first-order valence-corrected chi connectivity index (χ1v) is 10.6. The van der Waals surface area contributed by atoms with Crippen molar-refractivity contribution in [3.63, 3.8) is 0 Å². The van der Waals surface area contributed by atoms with Crippen molar-refractivity contribution in [2.75, 3.05) is 13.1 Å². The molecule has 0 bridgehead atoms. The van der Waals surface area contributed by atoms with Crippen LogP contribution in [-0.4, -0.2) is 35.2 Å². The van der Waals surface area contributed by atoms with Crippen LogP contribution in [0.25, 0.3) is 0 Å². The lowest BCUT2D eigenvalue weighted by atomic mass is 10.0. The van der Waals surface area contributed by atoms with Crippen molar-refractivity contribution in [1.82, 2.24) is 4.90 Å². The molecule has 4 rings (SSSR count). The van der Waals surface area contributed by atoms with Gasteiger partial charge in [0.1, 0.15) is 17.7 Å². The molecule has 0 aromatic heterocycles. The number of hydrogen-bond acceptors (Lipinski definition) is 3. The molecule has 2 aromatic carbocycles. The van der Waals surface area contributed by atoms with E-state index in [4.69, 9.17) is 27.9 Å². The molecule has 2 aromatic rings. The third-order valence-corrected chi connectivity index (χ3v) is 6.25. The van der Waals surface area contributed by atoms with Gasteiger partial charge in [-0.05, 0) is 61.9 Å². The average Bonchev–Trinajstić information content (AvgIpc) is 3.50. The van der Waals surface area contributed by atoms with Gasteiger partial charge in [-0.15, -0.1) is 0 Å². The third-order valence-electron chi connectivity index (χ3n) is 5.55. The minimum Gasteiger partial charge on any atom is -0.489 e. The number of halogens is 3. The molecular weight excluding hydrogens is 416 g/mol. The van der Waals surface area contributed by atoms with Crippen LogP contribution in [0.1, 0.15) is 53.1 Å². The number of benzene rings is 2. The van der Waals surface area contributed by atoms with Crippen LogP contribution in [0.4, 0.5) is 4.39 Å². The molecule has 0 amide bonds. The minimum atomic E-state index is -1.25. The first kappa shape index (κ1) is 20.5. The van der Waals surface area contributed by atoms with Gasteiger partial charge < -0.3 is 9.84 Å². The second kappa shape index (κ2) is 8.50. The summed E-state index contributed by atoms with van der Waals surface area (Å²) in [5.74, 6) is -1.29. The van der Waals surface area contributed by atoms with E-state index in [1.165, 1.54) is 12.1 Å². The standard InChI is InChI=1S/C22H22Cl2FNO3/c23-18-4-1-5-19(24)17(18)12-26-8-2-3-14(11-26)29-21-10-20(25)16(22(27)28)9-15(21)13-6-7-13/h1,4-5,9-10,13-14H,2-3,6-8,11-12H2,(H,27,28). The Labute approximate surface area is 179 Å². The SMILES string of the molecule is O=C(O)c1cc(C2CC2)c(OC2CCCN(Cc3c(Cl)cccc3Cl)C2)cc1F. The molecule has 1 saturated heterocycles. The highest BCUT2D eigenvalue weighted by Crippen LogP contribution is 2.45. The first-order chi connectivity index (χ1) is 13.9. The number of carboxylic acids is 1. The highest BCUT2D eigenvalue weighted by molar-refractivity contribution is 6.35. The molecule has 0 spiro atoms. The van der Waals surface area contributed by atoms with E-state index in [1.54, 1.807) is 0 Å². The largest absolute Gasteiger partial charge is 0.489 e. The van der Waals surface area contributed by atoms with Crippen molar-refractivity contribution in [3.05, 3.63) is 62.9 Å². The Morgan fingerprint density at radius 3 is 2.59 bits per heavy atom. The van der Waals surface area contributed by atoms with Gasteiger partial charge in [-0.2, -0.15) is 0 Å². The summed E-state index contributed by atoms with van der Waals surface area (Å²) in [7, 11) is 0. The monoisotopic (exact) mass is 437 g/mol. The Bertz CT molecular complexity index is 912. The van der Waals surface area contributed by atoms with E-state index in [2.05, 4.69) is 4.90 Å². The van der Waals surface area contributed by atoms with Gasteiger partial charge in [-0.1, -0.05) is 29.3 Å². The van der Waals surface area contributed by atoms with Crippen LogP contribution in [0.3, 0.4) is 0 Å². The minimum absolute atomic E-state index is 0.0995. The lowest BCUT2D eigenvalue weighted by Gasteiger charge is -2.33. The molecule has 1 saturated carbocycles. The normalized spacial score (nSPS) is 19.9. The Kier molecular flexibility index (Phi) is 6.00. The molecule has 4 nitrogen and oxygen atoms in total. The summed E-state index contributed by atoms with van der Waals surface area (Å²) in [6.45, 7) is 2.21. The average molecular weight is 438 g/mol. The third kappa shape index (κ3) is 4.68. The van der Waals surface area contributed by atoms with Gasteiger partial charge in [0.05, 0.1) is 5.56 Å². The zero-order valence-electron chi connectivity index (χ0n) is 15.8. The molecule has 0 radical (unpaired) electrons. The fourth-order valence-electron chi connectivity index (χ4n) is 3.89. The molecule has 1 aliphatic carbocycles. The second-order valence-corrected chi connectivity index (χ2v) is 8.58. The van der Waals surface area contributed by atoms with Gasteiger partial charge in [0, 0.05) is 34.8 Å². The van der Waals surface area contributed by atoms with Crippen LogP contribution >= 0.6 is 23.2 Å². The molecule has 29 heavy (non-hydrogen) atoms. The van der Waals surface area contributed by atoms with E-state index >= 15 is 0 Å². The second-order valence-electron chi connectivity index (χ2n) is 7.77. The van der Waals surface area contributed by atoms with Crippen LogP contribution in [0.5, 0.6) is 5.75 Å². The summed E-state index contributed by atoms with van der Waals surface area (Å²) >= 11 is 12.6. The molecule has 1 N–H and O–H groups in total. The van der Waals surface area contributed by atoms with Gasteiger partial charge in [0.15, 0.2) is 0 Å². The van der Waals surface area contributed by atoms with Crippen LogP contribution < -0.4 is 4.74 Å². The topological polar surface area (TPSA) is 49.8 Å². The molecular formula is C22H22Cl2FNO3. The highest BCUT2D eigenvalue weighted by Gasteiger charge is 2.31. The summed E-state index contributed by atoms with van der Waals surface area (Å²) in [4.78, 5) is 13.5. The molecule has 154 valence electrons. The number of nitrogens with zero attached hydrogens (tertiary/aromatic N) is 1. The summed E-state index contributed by atoms with van der Waals surface area (Å²) in [6, 6.07) is 8.16. The predicted molar refractivity (Wildman–Crippen MR) is 111 cm³/mol. The van der Waals surface area contributed by atoms with Crippen LogP contribution in [0, 0.1) is 5.82 Å². The summed E-state index contributed by atoms with van der Waals surface area (Å²) in [6.07, 6.45) is 3.66. The number of rotatable bonds is 6. The van der Waals surface area contributed by atoms with Gasteiger partial charge in [-0.3, -0.25) is 4.90 Å². The van der Waals surface area contributed by atoms with Crippen molar-refractivity contribution in [2.45, 2.75) is 44.2 Å². The fourth-order valence-corrected chi connectivity index (χ4v) is 4.41. The van der Waals surface area contributed by atoms with Crippen LogP contribution in [-0.2, 0) is 6.54 Å². The first-order valence-electron chi connectivity index (χ1n) is 9.81. The fraction of sp³-hybridized carbons (Fsp3) is 0.409. The number of carbonyl (C=O) groups is 1. The molecule has 7 heteroatoms. The maximum Gasteiger partial charge on any atom is 0.338 e. The quantitative estimate of drug-likeness (QED) is 0.624. The van der Waals surface area contributed by atoms with Crippen molar-refractivity contribution < 1.29 is 19.0 Å². The van der Waals surface area contributed by atoms with Crippen molar-refractivity contribution >= 4 is 29.2 Å². The zero-order valence-corrected chi connectivity index (χ0v) is 17.3.